The summed E-state index contributed by atoms with van der Waals surface area (Å²) in [4.78, 5) is 27.0. The topological polar surface area (TPSA) is 79.3 Å². The number of hydrogen-bond acceptors (Lipinski definition) is 4. The van der Waals surface area contributed by atoms with Gasteiger partial charge >= 0.3 is 5.97 Å². The molecule has 2 N–H and O–H groups in total. The van der Waals surface area contributed by atoms with Crippen LogP contribution in [0.4, 0.5) is 0 Å². The second kappa shape index (κ2) is 4.61. The molecule has 1 aromatic heterocycles. The van der Waals surface area contributed by atoms with Crippen LogP contribution in [0, 0.1) is 5.92 Å². The zero-order valence-electron chi connectivity index (χ0n) is 8.55. The third-order valence-corrected chi connectivity index (χ3v) is 3.58. The molecule has 2 unspecified atom stereocenters. The first-order chi connectivity index (χ1) is 7.68. The Morgan fingerprint density at radius 3 is 2.94 bits per heavy atom. The molecule has 2 atom stereocenters. The van der Waals surface area contributed by atoms with Gasteiger partial charge in [0, 0.05) is 6.04 Å². The van der Waals surface area contributed by atoms with Crippen LogP contribution < -0.4 is 5.32 Å². The Kier molecular flexibility index (Phi) is 3.19. The molecule has 86 valence electrons. The summed E-state index contributed by atoms with van der Waals surface area (Å²) in [6.07, 6.45) is 3.72. The van der Waals surface area contributed by atoms with Gasteiger partial charge in [-0.3, -0.25) is 14.6 Å². The number of nitrogens with zero attached hydrogens (tertiary/aromatic N) is 1. The highest BCUT2D eigenvalue weighted by Crippen LogP contribution is 2.26. The van der Waals surface area contributed by atoms with Crippen LogP contribution in [0.1, 0.15) is 28.9 Å². The molecule has 16 heavy (non-hydrogen) atoms. The predicted octanol–water partition coefficient (Wildman–Crippen LogP) is 1.13. The minimum atomic E-state index is -0.827. The van der Waals surface area contributed by atoms with Crippen molar-refractivity contribution in [2.45, 2.75) is 25.3 Å². The van der Waals surface area contributed by atoms with Crippen molar-refractivity contribution in [3.05, 3.63) is 16.6 Å². The number of aliphatic carboxylic acids is 1. The van der Waals surface area contributed by atoms with Crippen molar-refractivity contribution in [2.75, 3.05) is 0 Å². The smallest absolute Gasteiger partial charge is 0.308 e. The van der Waals surface area contributed by atoms with Crippen molar-refractivity contribution in [3.8, 4) is 0 Å². The van der Waals surface area contributed by atoms with Crippen molar-refractivity contribution in [1.29, 1.82) is 0 Å². The summed E-state index contributed by atoms with van der Waals surface area (Å²) < 4.78 is 0. The van der Waals surface area contributed by atoms with E-state index < -0.39 is 11.9 Å². The maximum atomic E-state index is 11.7. The third kappa shape index (κ3) is 2.21. The van der Waals surface area contributed by atoms with Crippen LogP contribution in [-0.4, -0.2) is 28.0 Å². The van der Waals surface area contributed by atoms with Gasteiger partial charge in [-0.05, 0) is 12.8 Å². The van der Waals surface area contributed by atoms with Crippen molar-refractivity contribution in [3.63, 3.8) is 0 Å². The molecule has 1 aliphatic carbocycles. The van der Waals surface area contributed by atoms with E-state index in [2.05, 4.69) is 10.3 Å². The van der Waals surface area contributed by atoms with E-state index in [1.54, 1.807) is 5.51 Å². The lowest BCUT2D eigenvalue weighted by Gasteiger charge is -2.16. The zero-order chi connectivity index (χ0) is 11.5. The molecule has 2 rings (SSSR count). The lowest BCUT2D eigenvalue weighted by molar-refractivity contribution is -0.142. The number of rotatable bonds is 3. The second-order valence-corrected chi connectivity index (χ2v) is 4.71. The number of aromatic nitrogens is 1. The minimum absolute atomic E-state index is 0.222. The van der Waals surface area contributed by atoms with Crippen molar-refractivity contribution >= 4 is 23.2 Å². The Balaban J connectivity index is 1.99. The van der Waals surface area contributed by atoms with Gasteiger partial charge in [0.25, 0.3) is 5.91 Å². The second-order valence-electron chi connectivity index (χ2n) is 3.82. The van der Waals surface area contributed by atoms with Crippen LogP contribution in [-0.2, 0) is 4.79 Å². The fraction of sp³-hybridized carbons (Fsp3) is 0.500. The normalized spacial score (nSPS) is 24.2. The first-order valence-corrected chi connectivity index (χ1v) is 5.98. The van der Waals surface area contributed by atoms with E-state index in [4.69, 9.17) is 5.11 Å². The fourth-order valence-corrected chi connectivity index (χ4v) is 2.52. The highest BCUT2D eigenvalue weighted by atomic mass is 32.1. The summed E-state index contributed by atoms with van der Waals surface area (Å²) in [7, 11) is 0. The molecule has 0 aliphatic heterocycles. The van der Waals surface area contributed by atoms with Crippen LogP contribution in [0.15, 0.2) is 11.7 Å². The standard InChI is InChI=1S/C10H12N2O3S/c13-9(8-4-11-5-16-8)12-7-3-1-2-6(7)10(14)15/h4-7H,1-3H2,(H,12,13)(H,14,15). The molecule has 0 radical (unpaired) electrons. The molecule has 5 nitrogen and oxygen atoms in total. The van der Waals surface area contributed by atoms with E-state index in [-0.39, 0.29) is 11.9 Å². The Labute approximate surface area is 96.5 Å². The molecule has 1 fully saturated rings. The number of carboxylic acid groups (broad SMARTS) is 1. The van der Waals surface area contributed by atoms with Crippen molar-refractivity contribution in [2.24, 2.45) is 5.92 Å². The van der Waals surface area contributed by atoms with Gasteiger partial charge in [-0.1, -0.05) is 6.42 Å². The number of amides is 1. The highest BCUT2D eigenvalue weighted by Gasteiger charge is 2.34. The van der Waals surface area contributed by atoms with E-state index in [1.807, 2.05) is 0 Å². The number of thiazole rings is 1. The number of carboxylic acids is 1. The lowest BCUT2D eigenvalue weighted by Crippen LogP contribution is -2.39. The number of carbonyl (C=O) groups excluding carboxylic acids is 1. The van der Waals surface area contributed by atoms with Gasteiger partial charge in [-0.15, -0.1) is 11.3 Å². The van der Waals surface area contributed by atoms with Gasteiger partial charge in [0.05, 0.1) is 17.6 Å². The third-order valence-electron chi connectivity index (χ3n) is 2.81. The summed E-state index contributed by atoms with van der Waals surface area (Å²) in [5.74, 6) is -1.50. The highest BCUT2D eigenvalue weighted by molar-refractivity contribution is 7.11. The predicted molar refractivity (Wildman–Crippen MR) is 58.3 cm³/mol. The Bertz CT molecular complexity index is 391. The van der Waals surface area contributed by atoms with E-state index in [9.17, 15) is 9.59 Å². The van der Waals surface area contributed by atoms with E-state index in [0.29, 0.717) is 11.3 Å². The van der Waals surface area contributed by atoms with Gasteiger partial charge in [0.15, 0.2) is 0 Å². The maximum absolute atomic E-state index is 11.7. The van der Waals surface area contributed by atoms with Crippen LogP contribution in [0.25, 0.3) is 0 Å². The summed E-state index contributed by atoms with van der Waals surface area (Å²) in [6, 6.07) is -0.243. The van der Waals surface area contributed by atoms with Gasteiger partial charge in [0.2, 0.25) is 0 Å². The first kappa shape index (κ1) is 11.1. The van der Waals surface area contributed by atoms with E-state index in [0.717, 1.165) is 12.8 Å². The molecule has 1 amide bonds. The summed E-state index contributed by atoms with van der Waals surface area (Å²) in [6.45, 7) is 0. The quantitative estimate of drug-likeness (QED) is 0.830. The minimum Gasteiger partial charge on any atom is -0.481 e. The van der Waals surface area contributed by atoms with E-state index >= 15 is 0 Å². The molecule has 1 saturated carbocycles. The van der Waals surface area contributed by atoms with Crippen molar-refractivity contribution in [1.82, 2.24) is 10.3 Å². The first-order valence-electron chi connectivity index (χ1n) is 5.10. The molecule has 0 saturated heterocycles. The average molecular weight is 240 g/mol. The average Bonchev–Trinajstić information content (AvgIpc) is 2.86. The Morgan fingerprint density at radius 2 is 2.31 bits per heavy atom. The largest absolute Gasteiger partial charge is 0.481 e. The summed E-state index contributed by atoms with van der Waals surface area (Å²) in [5.41, 5.74) is 1.58. The molecule has 0 spiro atoms. The Hall–Kier alpha value is -1.43. The molecule has 1 heterocycles. The molecule has 1 aliphatic rings. The van der Waals surface area contributed by atoms with Gasteiger partial charge in [-0.2, -0.15) is 0 Å². The summed E-state index contributed by atoms with van der Waals surface area (Å²) >= 11 is 1.25. The van der Waals surface area contributed by atoms with Gasteiger partial charge < -0.3 is 10.4 Å². The monoisotopic (exact) mass is 240 g/mol. The van der Waals surface area contributed by atoms with Crippen molar-refractivity contribution < 1.29 is 14.7 Å². The van der Waals surface area contributed by atoms with Gasteiger partial charge in [-0.25, -0.2) is 0 Å². The molecule has 0 aromatic carbocycles. The van der Waals surface area contributed by atoms with Crippen LogP contribution in [0.5, 0.6) is 0 Å². The Morgan fingerprint density at radius 1 is 1.50 bits per heavy atom. The van der Waals surface area contributed by atoms with Crippen LogP contribution in [0.2, 0.25) is 0 Å². The van der Waals surface area contributed by atoms with Gasteiger partial charge in [0.1, 0.15) is 4.88 Å². The number of nitrogens with one attached hydrogen (secondary N) is 1. The zero-order valence-corrected chi connectivity index (χ0v) is 9.37. The van der Waals surface area contributed by atoms with E-state index in [1.165, 1.54) is 17.5 Å². The van der Waals surface area contributed by atoms with Crippen LogP contribution >= 0.6 is 11.3 Å². The number of carbonyl (C=O) groups is 2. The number of hydrogen-bond donors (Lipinski definition) is 2. The SMILES string of the molecule is O=C(NC1CCCC1C(=O)O)c1cncs1. The lowest BCUT2D eigenvalue weighted by atomic mass is 10.0. The molecule has 1 aromatic rings. The molecule has 0 bridgehead atoms. The molecular formula is C10H12N2O3S. The fourth-order valence-electron chi connectivity index (χ4n) is 2.00. The molecule has 6 heteroatoms. The van der Waals surface area contributed by atoms with Crippen LogP contribution in [0.3, 0.4) is 0 Å². The summed E-state index contributed by atoms with van der Waals surface area (Å²) in [5, 5.41) is 11.7. The molecular weight excluding hydrogens is 228 g/mol. The maximum Gasteiger partial charge on any atom is 0.308 e.